The summed E-state index contributed by atoms with van der Waals surface area (Å²) < 4.78 is 13.5. The number of hydrogen-bond acceptors (Lipinski definition) is 2. The molecule has 0 radical (unpaired) electrons. The topological polar surface area (TPSA) is 42.0 Å². The Hall–Kier alpha value is -0.720. The number of nitrogens with zero attached hydrogens (tertiary/aromatic N) is 1. The van der Waals surface area contributed by atoms with Crippen molar-refractivity contribution in [2.45, 2.75) is 20.8 Å². The lowest BCUT2D eigenvalue weighted by Gasteiger charge is -2.18. The van der Waals surface area contributed by atoms with Crippen molar-refractivity contribution in [2.24, 2.45) is 5.41 Å². The minimum Gasteiger partial charge on any atom is -0.323 e. The largest absolute Gasteiger partial charge is 0.323 e. The van der Waals surface area contributed by atoms with Crippen LogP contribution in [0.2, 0.25) is 0 Å². The van der Waals surface area contributed by atoms with Crippen molar-refractivity contribution in [3.05, 3.63) is 21.8 Å². The minimum absolute atomic E-state index is 0.159. The molecule has 1 amide bonds. The van der Waals surface area contributed by atoms with Crippen LogP contribution < -0.4 is 5.32 Å². The maximum Gasteiger partial charge on any atom is 0.229 e. The van der Waals surface area contributed by atoms with E-state index in [0.717, 1.165) is 6.20 Å². The van der Waals surface area contributed by atoms with Gasteiger partial charge in [0.05, 0.1) is 21.7 Å². The minimum atomic E-state index is -0.505. The van der Waals surface area contributed by atoms with E-state index in [-0.39, 0.29) is 5.91 Å². The Morgan fingerprint density at radius 2 is 2.07 bits per heavy atom. The number of anilines is 1. The molecule has 0 aliphatic carbocycles. The summed E-state index contributed by atoms with van der Waals surface area (Å²) in [4.78, 5) is 15.3. The van der Waals surface area contributed by atoms with Crippen LogP contribution in [0.5, 0.6) is 0 Å². The highest BCUT2D eigenvalue weighted by molar-refractivity contribution is 14.1. The molecule has 5 heteroatoms. The van der Waals surface area contributed by atoms with Crippen molar-refractivity contribution in [2.75, 3.05) is 5.32 Å². The predicted octanol–water partition coefficient (Wildman–Crippen LogP) is 2.81. The van der Waals surface area contributed by atoms with Gasteiger partial charge in [-0.05, 0) is 22.6 Å². The van der Waals surface area contributed by atoms with Gasteiger partial charge in [0, 0.05) is 5.41 Å². The van der Waals surface area contributed by atoms with Crippen LogP contribution in [-0.2, 0) is 4.79 Å². The second-order valence-corrected chi connectivity index (χ2v) is 5.27. The molecule has 0 aliphatic rings. The molecule has 82 valence electrons. The maximum absolute atomic E-state index is 13.1. The number of rotatable bonds is 1. The van der Waals surface area contributed by atoms with E-state index in [2.05, 4.69) is 10.3 Å². The molecule has 0 atom stereocenters. The van der Waals surface area contributed by atoms with Gasteiger partial charge in [-0.15, -0.1) is 0 Å². The Balaban J connectivity index is 2.91. The highest BCUT2D eigenvalue weighted by atomic mass is 127. The molecule has 0 aromatic carbocycles. The van der Waals surface area contributed by atoms with Crippen molar-refractivity contribution in [1.82, 2.24) is 4.98 Å². The zero-order valence-corrected chi connectivity index (χ0v) is 10.9. The third-order valence-electron chi connectivity index (χ3n) is 1.77. The van der Waals surface area contributed by atoms with Crippen LogP contribution in [0.15, 0.2) is 12.4 Å². The second kappa shape index (κ2) is 4.42. The van der Waals surface area contributed by atoms with Crippen LogP contribution in [0.4, 0.5) is 10.1 Å². The van der Waals surface area contributed by atoms with Gasteiger partial charge < -0.3 is 5.32 Å². The number of aromatic nitrogens is 1. The molecule has 0 unspecified atom stereocenters. The smallest absolute Gasteiger partial charge is 0.229 e. The van der Waals surface area contributed by atoms with Crippen molar-refractivity contribution < 1.29 is 9.18 Å². The van der Waals surface area contributed by atoms with Crippen molar-refractivity contribution in [3.63, 3.8) is 0 Å². The summed E-state index contributed by atoms with van der Waals surface area (Å²) in [7, 11) is 0. The third-order valence-corrected chi connectivity index (χ3v) is 2.86. The molecule has 3 nitrogen and oxygen atoms in total. The summed E-state index contributed by atoms with van der Waals surface area (Å²) in [6.45, 7) is 5.38. The van der Waals surface area contributed by atoms with Crippen LogP contribution >= 0.6 is 22.6 Å². The number of carbonyl (C=O) groups is 1. The van der Waals surface area contributed by atoms with E-state index in [1.165, 1.54) is 6.20 Å². The molecule has 0 spiro atoms. The van der Waals surface area contributed by atoms with E-state index >= 15 is 0 Å². The van der Waals surface area contributed by atoms with E-state index in [1.54, 1.807) is 20.8 Å². The van der Waals surface area contributed by atoms with Gasteiger partial charge in [0.15, 0.2) is 5.82 Å². The van der Waals surface area contributed by atoms with E-state index in [9.17, 15) is 9.18 Å². The number of pyridine rings is 1. The predicted molar refractivity (Wildman–Crippen MR) is 65.0 cm³/mol. The summed E-state index contributed by atoms with van der Waals surface area (Å²) in [5.41, 5.74) is -0.0920. The highest BCUT2D eigenvalue weighted by Gasteiger charge is 2.22. The number of amides is 1. The first-order valence-electron chi connectivity index (χ1n) is 4.43. The molecular weight excluding hydrogens is 310 g/mol. The molecular formula is C10H12FIN2O. The van der Waals surface area contributed by atoms with Gasteiger partial charge in [0.25, 0.3) is 0 Å². The van der Waals surface area contributed by atoms with Crippen LogP contribution in [-0.4, -0.2) is 10.9 Å². The molecule has 15 heavy (non-hydrogen) atoms. The molecule has 0 saturated heterocycles. The van der Waals surface area contributed by atoms with E-state index < -0.39 is 11.2 Å². The maximum atomic E-state index is 13.1. The molecule has 0 aliphatic heterocycles. The lowest BCUT2D eigenvalue weighted by molar-refractivity contribution is -0.123. The number of carbonyl (C=O) groups excluding carboxylic acids is 1. The fourth-order valence-electron chi connectivity index (χ4n) is 0.816. The van der Waals surface area contributed by atoms with E-state index in [0.29, 0.717) is 9.26 Å². The average molecular weight is 322 g/mol. The Kier molecular flexibility index (Phi) is 3.64. The van der Waals surface area contributed by atoms with Crippen LogP contribution in [0.1, 0.15) is 20.8 Å². The molecule has 1 heterocycles. The first-order valence-corrected chi connectivity index (χ1v) is 5.50. The van der Waals surface area contributed by atoms with Crippen LogP contribution in [0, 0.1) is 14.8 Å². The highest BCUT2D eigenvalue weighted by Crippen LogP contribution is 2.22. The van der Waals surface area contributed by atoms with Gasteiger partial charge in [-0.2, -0.15) is 0 Å². The van der Waals surface area contributed by atoms with Gasteiger partial charge in [0.1, 0.15) is 0 Å². The van der Waals surface area contributed by atoms with Gasteiger partial charge in [-0.25, -0.2) is 4.39 Å². The fraction of sp³-hybridized carbons (Fsp3) is 0.400. The standard InChI is InChI=1S/C10H12FIN2O/c1-10(2,3)9(15)14-7-5-13-4-6(11)8(7)12/h4-5H,1-3H3,(H,14,15). The Labute approximate surface area is 102 Å². The SMILES string of the molecule is CC(C)(C)C(=O)Nc1cncc(F)c1I. The molecule has 1 rings (SSSR count). The van der Waals surface area contributed by atoms with Gasteiger partial charge >= 0.3 is 0 Å². The number of halogens is 2. The third kappa shape index (κ3) is 3.12. The molecule has 0 saturated carbocycles. The van der Waals surface area contributed by atoms with Gasteiger partial charge in [0.2, 0.25) is 5.91 Å². The van der Waals surface area contributed by atoms with Gasteiger partial charge in [-0.3, -0.25) is 9.78 Å². The monoisotopic (exact) mass is 322 g/mol. The van der Waals surface area contributed by atoms with Crippen molar-refractivity contribution in [1.29, 1.82) is 0 Å². The zero-order chi connectivity index (χ0) is 11.6. The molecule has 1 aromatic heterocycles. The molecule has 1 N–H and O–H groups in total. The van der Waals surface area contributed by atoms with Crippen LogP contribution in [0.3, 0.4) is 0 Å². The lowest BCUT2D eigenvalue weighted by Crippen LogP contribution is -2.28. The lowest BCUT2D eigenvalue weighted by atomic mass is 9.96. The van der Waals surface area contributed by atoms with E-state index in [1.807, 2.05) is 22.6 Å². The summed E-state index contributed by atoms with van der Waals surface area (Å²) in [6, 6.07) is 0. The molecule has 0 bridgehead atoms. The summed E-state index contributed by atoms with van der Waals surface area (Å²) >= 11 is 1.84. The van der Waals surface area contributed by atoms with Crippen LogP contribution in [0.25, 0.3) is 0 Å². The Bertz CT molecular complexity index is 387. The van der Waals surface area contributed by atoms with E-state index in [4.69, 9.17) is 0 Å². The zero-order valence-electron chi connectivity index (χ0n) is 8.77. The van der Waals surface area contributed by atoms with Gasteiger partial charge in [-0.1, -0.05) is 20.8 Å². The molecule has 0 fully saturated rings. The fourth-order valence-corrected chi connectivity index (χ4v) is 1.23. The first-order chi connectivity index (χ1) is 6.82. The quantitative estimate of drug-likeness (QED) is 0.808. The normalized spacial score (nSPS) is 11.3. The Morgan fingerprint density at radius 3 is 2.60 bits per heavy atom. The summed E-state index contributed by atoms with van der Waals surface area (Å²) in [6.07, 6.45) is 2.56. The molecule has 1 aromatic rings. The second-order valence-electron chi connectivity index (χ2n) is 4.19. The summed E-state index contributed by atoms with van der Waals surface area (Å²) in [5, 5.41) is 2.64. The van der Waals surface area contributed by atoms with Crippen molar-refractivity contribution in [3.8, 4) is 0 Å². The average Bonchev–Trinajstić information content (AvgIpc) is 2.11. The van der Waals surface area contributed by atoms with Crippen molar-refractivity contribution >= 4 is 34.2 Å². The first kappa shape index (κ1) is 12.4. The summed E-state index contributed by atoms with van der Waals surface area (Å²) in [5.74, 6) is -0.588. The number of nitrogens with one attached hydrogen (secondary N) is 1. The Morgan fingerprint density at radius 1 is 1.47 bits per heavy atom. The number of hydrogen-bond donors (Lipinski definition) is 1.